The highest BCUT2D eigenvalue weighted by atomic mass is 32.1. The van der Waals surface area contributed by atoms with Gasteiger partial charge in [-0.05, 0) is 32.8 Å². The molecule has 0 fully saturated rings. The summed E-state index contributed by atoms with van der Waals surface area (Å²) in [6.45, 7) is 6.34. The van der Waals surface area contributed by atoms with E-state index in [-0.39, 0.29) is 18.7 Å². The van der Waals surface area contributed by atoms with Gasteiger partial charge in [0.05, 0.1) is 17.3 Å². The highest BCUT2D eigenvalue weighted by Crippen LogP contribution is 2.25. The molecule has 0 radical (unpaired) electrons. The van der Waals surface area contributed by atoms with Gasteiger partial charge in [0, 0.05) is 17.0 Å². The summed E-state index contributed by atoms with van der Waals surface area (Å²) in [5, 5.41) is 14.2. The molecule has 0 saturated heterocycles. The minimum Gasteiger partial charge on any atom is -0.395 e. The molecule has 1 unspecified atom stereocenters. The third kappa shape index (κ3) is 3.88. The minimum absolute atomic E-state index is 0.0641. The van der Waals surface area contributed by atoms with Crippen molar-refractivity contribution in [2.24, 2.45) is 0 Å². The number of aliphatic hydroxyl groups excluding tert-OH is 1. The lowest BCUT2D eigenvalue weighted by atomic mass is 10.1. The van der Waals surface area contributed by atoms with E-state index in [2.05, 4.69) is 29.4 Å². The van der Waals surface area contributed by atoms with Crippen LogP contribution < -0.4 is 5.32 Å². The third-order valence-corrected chi connectivity index (χ3v) is 4.62. The molecule has 4 heteroatoms. The fourth-order valence-corrected chi connectivity index (χ4v) is 3.39. The summed E-state index contributed by atoms with van der Waals surface area (Å²) in [4.78, 5) is 5.72. The number of hydrogen-bond acceptors (Lipinski definition) is 4. The number of nitrogens with one attached hydrogen (secondary N) is 1. The Hall–Kier alpha value is -1.23. The molecule has 0 aliphatic heterocycles. The zero-order valence-corrected chi connectivity index (χ0v) is 13.1. The molecule has 108 valence electrons. The van der Waals surface area contributed by atoms with Crippen LogP contribution in [-0.4, -0.2) is 22.7 Å². The lowest BCUT2D eigenvalue weighted by Crippen LogP contribution is -2.36. The van der Waals surface area contributed by atoms with Gasteiger partial charge in [-0.25, -0.2) is 4.98 Å². The van der Waals surface area contributed by atoms with Gasteiger partial charge in [-0.15, -0.1) is 11.3 Å². The number of thiazole rings is 1. The molecule has 20 heavy (non-hydrogen) atoms. The average molecular weight is 290 g/mol. The topological polar surface area (TPSA) is 45.2 Å². The van der Waals surface area contributed by atoms with Crippen molar-refractivity contribution in [3.05, 3.63) is 51.5 Å². The molecule has 0 aliphatic rings. The first kappa shape index (κ1) is 15.2. The zero-order valence-electron chi connectivity index (χ0n) is 12.3. The number of benzene rings is 1. The van der Waals surface area contributed by atoms with Crippen LogP contribution >= 0.6 is 11.3 Å². The van der Waals surface area contributed by atoms with Crippen LogP contribution in [0.2, 0.25) is 0 Å². The van der Waals surface area contributed by atoms with Crippen LogP contribution in [0, 0.1) is 13.8 Å². The predicted molar refractivity (Wildman–Crippen MR) is 84.2 cm³/mol. The quantitative estimate of drug-likeness (QED) is 0.859. The van der Waals surface area contributed by atoms with Gasteiger partial charge in [0.25, 0.3) is 0 Å². The van der Waals surface area contributed by atoms with E-state index in [1.54, 1.807) is 11.3 Å². The Labute approximate surface area is 124 Å². The molecule has 2 N–H and O–H groups in total. The molecular formula is C16H22N2OS. The van der Waals surface area contributed by atoms with Crippen molar-refractivity contribution in [1.29, 1.82) is 0 Å². The first-order valence-electron chi connectivity index (χ1n) is 6.95. The Morgan fingerprint density at radius 2 is 1.95 bits per heavy atom. The Balaban J connectivity index is 2.01. The summed E-state index contributed by atoms with van der Waals surface area (Å²) in [5.41, 5.74) is 2.33. The largest absolute Gasteiger partial charge is 0.395 e. The van der Waals surface area contributed by atoms with Crippen LogP contribution in [0.15, 0.2) is 30.3 Å². The van der Waals surface area contributed by atoms with Crippen LogP contribution in [-0.2, 0) is 6.42 Å². The Morgan fingerprint density at radius 1 is 1.25 bits per heavy atom. The number of nitrogens with zero attached hydrogens (tertiary/aromatic N) is 1. The second kappa shape index (κ2) is 6.97. The monoisotopic (exact) mass is 290 g/mol. The second-order valence-electron chi connectivity index (χ2n) is 5.14. The van der Waals surface area contributed by atoms with Gasteiger partial charge in [-0.3, -0.25) is 0 Å². The van der Waals surface area contributed by atoms with Gasteiger partial charge in [0.1, 0.15) is 0 Å². The van der Waals surface area contributed by atoms with E-state index in [1.807, 2.05) is 32.0 Å². The van der Waals surface area contributed by atoms with Crippen molar-refractivity contribution in [3.63, 3.8) is 0 Å². The van der Waals surface area contributed by atoms with Gasteiger partial charge < -0.3 is 10.4 Å². The molecule has 0 saturated carbocycles. The second-order valence-corrected chi connectivity index (χ2v) is 6.37. The fraction of sp³-hybridized carbons (Fsp3) is 0.438. The molecule has 2 rings (SSSR count). The lowest BCUT2D eigenvalue weighted by molar-refractivity contribution is 0.233. The van der Waals surface area contributed by atoms with Crippen molar-refractivity contribution >= 4 is 11.3 Å². The normalized spacial score (nSPS) is 14.2. The van der Waals surface area contributed by atoms with E-state index < -0.39 is 0 Å². The summed E-state index contributed by atoms with van der Waals surface area (Å²) < 4.78 is 0. The number of rotatable bonds is 6. The first-order valence-corrected chi connectivity index (χ1v) is 7.76. The first-order chi connectivity index (χ1) is 9.60. The molecule has 1 aromatic carbocycles. The van der Waals surface area contributed by atoms with E-state index >= 15 is 0 Å². The average Bonchev–Trinajstić information content (AvgIpc) is 2.78. The van der Waals surface area contributed by atoms with E-state index in [0.717, 1.165) is 17.1 Å². The number of aryl methyl sites for hydroxylation is 2. The molecule has 2 aromatic rings. The molecule has 0 bridgehead atoms. The summed E-state index contributed by atoms with van der Waals surface area (Å²) in [6, 6.07) is 10.5. The highest BCUT2D eigenvalue weighted by molar-refractivity contribution is 7.11. The van der Waals surface area contributed by atoms with Crippen molar-refractivity contribution in [2.45, 2.75) is 39.3 Å². The van der Waals surface area contributed by atoms with Crippen LogP contribution in [0.3, 0.4) is 0 Å². The Morgan fingerprint density at radius 3 is 2.50 bits per heavy atom. The Kier molecular flexibility index (Phi) is 5.29. The van der Waals surface area contributed by atoms with Gasteiger partial charge in [0.15, 0.2) is 0 Å². The van der Waals surface area contributed by atoms with Crippen molar-refractivity contribution in [2.75, 3.05) is 6.61 Å². The SMILES string of the molecule is Cc1nc(C)c(C(C)N[C@H](CO)Cc2ccccc2)s1. The maximum Gasteiger partial charge on any atom is 0.0900 e. The minimum atomic E-state index is 0.0641. The lowest BCUT2D eigenvalue weighted by Gasteiger charge is -2.21. The standard InChI is InChI=1S/C16H22N2OS/c1-11-16(20-13(3)17-11)12(2)18-15(10-19)9-14-7-5-4-6-8-14/h4-8,12,15,18-19H,9-10H2,1-3H3/t12?,15-/m0/s1. The number of aliphatic hydroxyl groups is 1. The van der Waals surface area contributed by atoms with Gasteiger partial charge in [0.2, 0.25) is 0 Å². The maximum atomic E-state index is 9.58. The Bertz CT molecular complexity index is 539. The third-order valence-electron chi connectivity index (χ3n) is 3.36. The van der Waals surface area contributed by atoms with Gasteiger partial charge >= 0.3 is 0 Å². The molecule has 3 nitrogen and oxygen atoms in total. The summed E-state index contributed by atoms with van der Waals surface area (Å²) in [5.74, 6) is 0. The molecule has 0 amide bonds. The number of aromatic nitrogens is 1. The molecule has 1 aromatic heterocycles. The van der Waals surface area contributed by atoms with Crippen LogP contribution in [0.5, 0.6) is 0 Å². The van der Waals surface area contributed by atoms with E-state index in [4.69, 9.17) is 0 Å². The van der Waals surface area contributed by atoms with E-state index in [0.29, 0.717) is 0 Å². The predicted octanol–water partition coefficient (Wildman–Crippen LogP) is 3.01. The maximum absolute atomic E-state index is 9.58. The van der Waals surface area contributed by atoms with Crippen LogP contribution in [0.4, 0.5) is 0 Å². The van der Waals surface area contributed by atoms with Crippen LogP contribution in [0.1, 0.15) is 34.1 Å². The summed E-state index contributed by atoms with van der Waals surface area (Å²) in [6.07, 6.45) is 0.832. The van der Waals surface area contributed by atoms with Crippen molar-refractivity contribution in [1.82, 2.24) is 10.3 Å². The molecule has 0 spiro atoms. The zero-order chi connectivity index (χ0) is 14.5. The summed E-state index contributed by atoms with van der Waals surface area (Å²) >= 11 is 1.73. The van der Waals surface area contributed by atoms with Crippen molar-refractivity contribution < 1.29 is 5.11 Å². The van der Waals surface area contributed by atoms with E-state index in [1.165, 1.54) is 10.4 Å². The summed E-state index contributed by atoms with van der Waals surface area (Å²) in [7, 11) is 0. The van der Waals surface area contributed by atoms with Gasteiger partial charge in [-0.2, -0.15) is 0 Å². The molecule has 1 heterocycles. The van der Waals surface area contributed by atoms with Gasteiger partial charge in [-0.1, -0.05) is 30.3 Å². The van der Waals surface area contributed by atoms with E-state index in [9.17, 15) is 5.11 Å². The number of hydrogen-bond donors (Lipinski definition) is 2. The molecule has 0 aliphatic carbocycles. The van der Waals surface area contributed by atoms with Crippen LogP contribution in [0.25, 0.3) is 0 Å². The molecule has 2 atom stereocenters. The van der Waals surface area contributed by atoms with Crippen molar-refractivity contribution in [3.8, 4) is 0 Å². The highest BCUT2D eigenvalue weighted by Gasteiger charge is 2.17. The fourth-order valence-electron chi connectivity index (χ4n) is 2.45. The molecular weight excluding hydrogens is 268 g/mol. The smallest absolute Gasteiger partial charge is 0.0900 e.